The average molecular weight is 289 g/mol. The van der Waals surface area contributed by atoms with Gasteiger partial charge < -0.3 is 15.4 Å². The molecular weight excluding hydrogens is 271 g/mol. The molecule has 1 amide bonds. The molecule has 0 spiro atoms. The van der Waals surface area contributed by atoms with Crippen molar-refractivity contribution in [3.63, 3.8) is 0 Å². The summed E-state index contributed by atoms with van der Waals surface area (Å²) in [6.07, 6.45) is -0.0188. The minimum atomic E-state index is -0.332. The Labute approximate surface area is 118 Å². The summed E-state index contributed by atoms with van der Waals surface area (Å²) in [6.45, 7) is 3.13. The molecule has 1 fully saturated rings. The van der Waals surface area contributed by atoms with Gasteiger partial charge in [-0.05, 0) is 30.7 Å². The lowest BCUT2D eigenvalue weighted by Crippen LogP contribution is -2.43. The summed E-state index contributed by atoms with van der Waals surface area (Å²) in [4.78, 5) is 12.1. The first-order valence-electron chi connectivity index (χ1n) is 5.92. The van der Waals surface area contributed by atoms with Gasteiger partial charge in [-0.1, -0.05) is 0 Å². The van der Waals surface area contributed by atoms with E-state index >= 15 is 0 Å². The Morgan fingerprint density at radius 2 is 2.21 bits per heavy atom. The summed E-state index contributed by atoms with van der Waals surface area (Å²) >= 11 is 0. The molecule has 1 saturated heterocycles. The van der Waals surface area contributed by atoms with Gasteiger partial charge in [0.1, 0.15) is 5.82 Å². The third kappa shape index (κ3) is 3.65. The standard InChI is InChI=1S/C13H17FN2O2.ClH/c1-8-5-9(14)3-4-10(8)13(17)16-11-6-15-7-12(11)18-2;/h3-5,11-12,15H,6-7H2,1-2H3,(H,16,17);1H. The third-order valence-corrected chi connectivity index (χ3v) is 3.21. The van der Waals surface area contributed by atoms with Crippen molar-refractivity contribution in [2.75, 3.05) is 20.2 Å². The normalized spacial score (nSPS) is 21.8. The minimum Gasteiger partial charge on any atom is -0.378 e. The van der Waals surface area contributed by atoms with Gasteiger partial charge in [0.15, 0.2) is 0 Å². The molecule has 0 saturated carbocycles. The van der Waals surface area contributed by atoms with E-state index in [1.54, 1.807) is 14.0 Å². The fourth-order valence-electron chi connectivity index (χ4n) is 2.17. The van der Waals surface area contributed by atoms with Gasteiger partial charge in [-0.3, -0.25) is 4.79 Å². The maximum Gasteiger partial charge on any atom is 0.251 e. The maximum atomic E-state index is 13.0. The van der Waals surface area contributed by atoms with Gasteiger partial charge in [-0.15, -0.1) is 12.4 Å². The first-order chi connectivity index (χ1) is 8.61. The van der Waals surface area contributed by atoms with E-state index in [4.69, 9.17) is 4.74 Å². The maximum absolute atomic E-state index is 13.0. The molecule has 19 heavy (non-hydrogen) atoms. The minimum absolute atomic E-state index is 0. The molecule has 106 valence electrons. The number of benzene rings is 1. The molecule has 2 unspecified atom stereocenters. The summed E-state index contributed by atoms with van der Waals surface area (Å²) in [5.41, 5.74) is 1.13. The van der Waals surface area contributed by atoms with Crippen molar-refractivity contribution in [2.24, 2.45) is 0 Å². The average Bonchev–Trinajstić information content (AvgIpc) is 2.76. The van der Waals surface area contributed by atoms with Crippen LogP contribution in [0, 0.1) is 12.7 Å². The highest BCUT2D eigenvalue weighted by atomic mass is 35.5. The van der Waals surface area contributed by atoms with Crippen LogP contribution >= 0.6 is 12.4 Å². The lowest BCUT2D eigenvalue weighted by molar-refractivity contribution is 0.0779. The second-order valence-electron chi connectivity index (χ2n) is 4.47. The van der Waals surface area contributed by atoms with Crippen molar-refractivity contribution >= 4 is 18.3 Å². The van der Waals surface area contributed by atoms with Crippen LogP contribution < -0.4 is 10.6 Å². The third-order valence-electron chi connectivity index (χ3n) is 3.21. The summed E-state index contributed by atoms with van der Waals surface area (Å²) in [5, 5.41) is 6.06. The molecule has 0 bridgehead atoms. The smallest absolute Gasteiger partial charge is 0.251 e. The number of ether oxygens (including phenoxy) is 1. The number of aryl methyl sites for hydroxylation is 1. The number of nitrogens with one attached hydrogen (secondary N) is 2. The summed E-state index contributed by atoms with van der Waals surface area (Å²) < 4.78 is 18.2. The van der Waals surface area contributed by atoms with Crippen LogP contribution in [0.15, 0.2) is 18.2 Å². The van der Waals surface area contributed by atoms with Crippen LogP contribution in [0.3, 0.4) is 0 Å². The van der Waals surface area contributed by atoms with Crippen molar-refractivity contribution in [1.82, 2.24) is 10.6 Å². The van der Waals surface area contributed by atoms with Crippen molar-refractivity contribution in [2.45, 2.75) is 19.1 Å². The quantitative estimate of drug-likeness (QED) is 0.881. The van der Waals surface area contributed by atoms with Crippen molar-refractivity contribution in [1.29, 1.82) is 0 Å². The molecule has 0 radical (unpaired) electrons. The summed E-state index contributed by atoms with van der Waals surface area (Å²) in [6, 6.07) is 4.11. The number of hydrogen-bond acceptors (Lipinski definition) is 3. The number of carbonyl (C=O) groups excluding carboxylic acids is 1. The largest absolute Gasteiger partial charge is 0.378 e. The first kappa shape index (κ1) is 15.9. The number of carbonyl (C=O) groups is 1. The lowest BCUT2D eigenvalue weighted by Gasteiger charge is -2.19. The van der Waals surface area contributed by atoms with Crippen molar-refractivity contribution in [3.05, 3.63) is 35.1 Å². The van der Waals surface area contributed by atoms with E-state index in [1.165, 1.54) is 18.2 Å². The Kier molecular flexibility index (Phi) is 5.72. The Bertz CT molecular complexity index is 456. The fraction of sp³-hybridized carbons (Fsp3) is 0.462. The molecule has 2 rings (SSSR count). The van der Waals surface area contributed by atoms with Gasteiger partial charge in [-0.25, -0.2) is 4.39 Å². The van der Waals surface area contributed by atoms with Crippen LogP contribution in [-0.2, 0) is 4.74 Å². The highest BCUT2D eigenvalue weighted by Crippen LogP contribution is 2.11. The first-order valence-corrected chi connectivity index (χ1v) is 5.92. The van der Waals surface area contributed by atoms with E-state index in [-0.39, 0.29) is 36.3 Å². The number of amides is 1. The number of halogens is 2. The van der Waals surface area contributed by atoms with Crippen LogP contribution in [0.2, 0.25) is 0 Å². The monoisotopic (exact) mass is 288 g/mol. The van der Waals surface area contributed by atoms with E-state index in [0.717, 1.165) is 6.54 Å². The second kappa shape index (κ2) is 6.84. The van der Waals surface area contributed by atoms with Gasteiger partial charge >= 0.3 is 0 Å². The molecule has 2 atom stereocenters. The molecule has 1 aliphatic heterocycles. The van der Waals surface area contributed by atoms with E-state index in [0.29, 0.717) is 17.7 Å². The molecule has 0 aliphatic carbocycles. The van der Waals surface area contributed by atoms with E-state index in [2.05, 4.69) is 10.6 Å². The number of methoxy groups -OCH3 is 1. The molecule has 1 aromatic carbocycles. The Morgan fingerprint density at radius 1 is 1.47 bits per heavy atom. The number of rotatable bonds is 3. The van der Waals surface area contributed by atoms with E-state index < -0.39 is 0 Å². The zero-order valence-corrected chi connectivity index (χ0v) is 11.7. The van der Waals surface area contributed by atoms with Crippen LogP contribution in [-0.4, -0.2) is 38.3 Å². The van der Waals surface area contributed by atoms with Gasteiger partial charge in [0, 0.05) is 25.8 Å². The molecule has 4 nitrogen and oxygen atoms in total. The van der Waals surface area contributed by atoms with Crippen molar-refractivity contribution in [3.8, 4) is 0 Å². The lowest BCUT2D eigenvalue weighted by atomic mass is 10.1. The Hall–Kier alpha value is -1.17. The second-order valence-corrected chi connectivity index (χ2v) is 4.47. The molecule has 1 heterocycles. The highest BCUT2D eigenvalue weighted by molar-refractivity contribution is 5.95. The Morgan fingerprint density at radius 3 is 2.84 bits per heavy atom. The molecule has 1 aromatic rings. The summed E-state index contributed by atoms with van der Waals surface area (Å²) in [7, 11) is 1.62. The number of hydrogen-bond donors (Lipinski definition) is 2. The van der Waals surface area contributed by atoms with E-state index in [9.17, 15) is 9.18 Å². The van der Waals surface area contributed by atoms with Crippen molar-refractivity contribution < 1.29 is 13.9 Å². The summed E-state index contributed by atoms with van der Waals surface area (Å²) in [5.74, 6) is -0.524. The predicted molar refractivity (Wildman–Crippen MR) is 73.3 cm³/mol. The molecule has 6 heteroatoms. The van der Waals surface area contributed by atoms with Gasteiger partial charge in [0.05, 0.1) is 12.1 Å². The molecule has 2 N–H and O–H groups in total. The van der Waals surface area contributed by atoms with E-state index in [1.807, 2.05) is 0 Å². The topological polar surface area (TPSA) is 50.4 Å². The van der Waals surface area contributed by atoms with Gasteiger partial charge in [0.25, 0.3) is 5.91 Å². The molecule has 1 aliphatic rings. The predicted octanol–water partition coefficient (Wildman–Crippen LogP) is 1.27. The van der Waals surface area contributed by atoms with Crippen LogP contribution in [0.4, 0.5) is 4.39 Å². The zero-order chi connectivity index (χ0) is 13.1. The van der Waals surface area contributed by atoms with Crippen LogP contribution in [0.1, 0.15) is 15.9 Å². The molecule has 0 aromatic heterocycles. The Balaban J connectivity index is 0.00000180. The van der Waals surface area contributed by atoms with Crippen LogP contribution in [0.25, 0.3) is 0 Å². The van der Waals surface area contributed by atoms with Gasteiger partial charge in [0.2, 0.25) is 0 Å². The fourth-order valence-corrected chi connectivity index (χ4v) is 2.17. The highest BCUT2D eigenvalue weighted by Gasteiger charge is 2.28. The molecular formula is C13H18ClFN2O2. The zero-order valence-electron chi connectivity index (χ0n) is 10.9. The van der Waals surface area contributed by atoms with Gasteiger partial charge in [-0.2, -0.15) is 0 Å². The SMILES string of the molecule is COC1CNCC1NC(=O)c1ccc(F)cc1C.Cl. The van der Waals surface area contributed by atoms with Crippen LogP contribution in [0.5, 0.6) is 0 Å².